The molecule has 0 fully saturated rings. The molecule has 2 aromatic heterocycles. The average molecular weight is 241 g/mol. The van der Waals surface area contributed by atoms with Crippen molar-refractivity contribution in [3.63, 3.8) is 0 Å². The number of methoxy groups -OCH3 is 1. The number of esters is 1. The minimum atomic E-state index is -0.494. The first-order valence-electron chi connectivity index (χ1n) is 4.47. The molecule has 0 aromatic carbocycles. The molecule has 0 radical (unpaired) electrons. The van der Waals surface area contributed by atoms with E-state index < -0.39 is 5.97 Å². The van der Waals surface area contributed by atoms with Gasteiger partial charge in [-0.1, -0.05) is 11.6 Å². The highest BCUT2D eigenvalue weighted by atomic mass is 35.5. The van der Waals surface area contributed by atoms with Gasteiger partial charge in [0.25, 0.3) is 0 Å². The second-order valence-corrected chi connectivity index (χ2v) is 3.39. The van der Waals surface area contributed by atoms with Crippen molar-refractivity contribution in [1.29, 1.82) is 0 Å². The van der Waals surface area contributed by atoms with Crippen LogP contribution in [0, 0.1) is 0 Å². The highest BCUT2D eigenvalue weighted by Gasteiger charge is 2.16. The van der Waals surface area contributed by atoms with Crippen LogP contribution in [-0.4, -0.2) is 34.7 Å². The van der Waals surface area contributed by atoms with Crippen LogP contribution in [0.3, 0.4) is 0 Å². The van der Waals surface area contributed by atoms with Gasteiger partial charge in [-0.15, -0.1) is 0 Å². The van der Waals surface area contributed by atoms with Crippen molar-refractivity contribution in [1.82, 2.24) is 14.6 Å². The van der Waals surface area contributed by atoms with Crippen LogP contribution in [-0.2, 0) is 4.74 Å². The number of rotatable bonds is 2. The normalized spacial score (nSPS) is 10.4. The lowest BCUT2D eigenvalue weighted by Gasteiger charge is -2.04. The molecule has 7 heteroatoms. The highest BCUT2D eigenvalue weighted by molar-refractivity contribution is 6.29. The van der Waals surface area contributed by atoms with Gasteiger partial charge in [-0.25, -0.2) is 9.78 Å². The van der Waals surface area contributed by atoms with Crippen molar-refractivity contribution in [2.45, 2.75) is 0 Å². The number of ether oxygens (including phenoxy) is 1. The molecule has 84 valence electrons. The predicted molar refractivity (Wildman–Crippen MR) is 58.9 cm³/mol. The van der Waals surface area contributed by atoms with Gasteiger partial charge in [0.2, 0.25) is 0 Å². The molecule has 6 nitrogen and oxygen atoms in total. The Kier molecular flexibility index (Phi) is 2.66. The van der Waals surface area contributed by atoms with Gasteiger partial charge in [0.15, 0.2) is 5.65 Å². The van der Waals surface area contributed by atoms with Gasteiger partial charge in [-0.3, -0.25) is 0 Å². The zero-order valence-corrected chi connectivity index (χ0v) is 9.45. The Hall–Kier alpha value is -1.82. The third-order valence-electron chi connectivity index (χ3n) is 2.10. The van der Waals surface area contributed by atoms with Crippen LogP contribution in [0.2, 0.25) is 5.15 Å². The fraction of sp³-hybridized carbons (Fsp3) is 0.222. The summed E-state index contributed by atoms with van der Waals surface area (Å²) < 4.78 is 6.10. The summed E-state index contributed by atoms with van der Waals surface area (Å²) in [5.41, 5.74) is 0.644. The van der Waals surface area contributed by atoms with E-state index in [9.17, 15) is 4.79 Å². The molecule has 0 aliphatic carbocycles. The van der Waals surface area contributed by atoms with Gasteiger partial charge in [0.05, 0.1) is 13.3 Å². The number of anilines is 1. The summed E-state index contributed by atoms with van der Waals surface area (Å²) in [5.74, 6) is 0.150. The molecule has 0 spiro atoms. The van der Waals surface area contributed by atoms with E-state index >= 15 is 0 Å². The standard InChI is InChI=1S/C9H9ClN4O2/c1-11-7-3-6(10)13-8-5(9(15)16-2)4-12-14(7)8/h3-4,11H,1-2H3. The average Bonchev–Trinajstić information content (AvgIpc) is 2.70. The molecule has 16 heavy (non-hydrogen) atoms. The molecule has 0 aliphatic heterocycles. The number of aromatic nitrogens is 3. The van der Waals surface area contributed by atoms with Crippen LogP contribution in [0.1, 0.15) is 10.4 Å². The number of hydrogen-bond acceptors (Lipinski definition) is 5. The lowest BCUT2D eigenvalue weighted by atomic mass is 10.3. The largest absolute Gasteiger partial charge is 0.465 e. The van der Waals surface area contributed by atoms with Gasteiger partial charge in [-0.2, -0.15) is 9.61 Å². The maximum atomic E-state index is 11.4. The first-order valence-corrected chi connectivity index (χ1v) is 4.85. The van der Waals surface area contributed by atoms with Crippen LogP contribution >= 0.6 is 11.6 Å². The second kappa shape index (κ2) is 3.97. The predicted octanol–water partition coefficient (Wildman–Crippen LogP) is 1.21. The molecule has 0 unspecified atom stereocenters. The van der Waals surface area contributed by atoms with E-state index in [-0.39, 0.29) is 10.7 Å². The molecule has 0 aliphatic rings. The van der Waals surface area contributed by atoms with E-state index in [1.807, 2.05) is 0 Å². The van der Waals surface area contributed by atoms with Crippen molar-refractivity contribution < 1.29 is 9.53 Å². The fourth-order valence-electron chi connectivity index (χ4n) is 1.37. The number of fused-ring (bicyclic) bond motifs is 1. The minimum Gasteiger partial charge on any atom is -0.465 e. The van der Waals surface area contributed by atoms with Crippen LogP contribution in [0.15, 0.2) is 12.3 Å². The van der Waals surface area contributed by atoms with Crippen LogP contribution in [0.4, 0.5) is 5.82 Å². The van der Waals surface area contributed by atoms with Crippen molar-refractivity contribution in [3.8, 4) is 0 Å². The zero-order chi connectivity index (χ0) is 11.7. The smallest absolute Gasteiger partial charge is 0.343 e. The third kappa shape index (κ3) is 1.57. The Morgan fingerprint density at radius 2 is 2.38 bits per heavy atom. The highest BCUT2D eigenvalue weighted by Crippen LogP contribution is 2.18. The second-order valence-electron chi connectivity index (χ2n) is 3.00. The number of nitrogens with one attached hydrogen (secondary N) is 1. The molecule has 2 aromatic rings. The Bertz CT molecular complexity index is 552. The molecular weight excluding hydrogens is 232 g/mol. The summed E-state index contributed by atoms with van der Waals surface area (Å²) in [5, 5.41) is 7.22. The van der Waals surface area contributed by atoms with Gasteiger partial charge >= 0.3 is 5.97 Å². The number of carbonyl (C=O) groups is 1. The molecule has 0 saturated carbocycles. The maximum absolute atomic E-state index is 11.4. The number of hydrogen-bond donors (Lipinski definition) is 1. The quantitative estimate of drug-likeness (QED) is 0.631. The van der Waals surface area contributed by atoms with Crippen molar-refractivity contribution >= 4 is 29.0 Å². The van der Waals surface area contributed by atoms with Gasteiger partial charge in [-0.05, 0) is 0 Å². The summed E-state index contributed by atoms with van der Waals surface area (Å²) in [6, 6.07) is 1.61. The van der Waals surface area contributed by atoms with E-state index in [0.717, 1.165) is 0 Å². The molecular formula is C9H9ClN4O2. The lowest BCUT2D eigenvalue weighted by molar-refractivity contribution is 0.0602. The molecule has 1 N–H and O–H groups in total. The van der Waals surface area contributed by atoms with Crippen LogP contribution in [0.5, 0.6) is 0 Å². The lowest BCUT2D eigenvalue weighted by Crippen LogP contribution is -2.04. The zero-order valence-electron chi connectivity index (χ0n) is 8.69. The monoisotopic (exact) mass is 240 g/mol. The summed E-state index contributed by atoms with van der Waals surface area (Å²) >= 11 is 5.84. The maximum Gasteiger partial charge on any atom is 0.343 e. The van der Waals surface area contributed by atoms with Crippen LogP contribution in [0.25, 0.3) is 5.65 Å². The van der Waals surface area contributed by atoms with Gasteiger partial charge in [0, 0.05) is 13.1 Å². The van der Waals surface area contributed by atoms with E-state index in [1.165, 1.54) is 17.8 Å². The summed E-state index contributed by atoms with van der Waals surface area (Å²) in [7, 11) is 3.03. The van der Waals surface area contributed by atoms with E-state index in [2.05, 4.69) is 20.1 Å². The molecule has 0 atom stereocenters. The SMILES string of the molecule is CNc1cc(Cl)nc2c(C(=O)OC)cnn12. The van der Waals surface area contributed by atoms with Crippen molar-refractivity contribution in [2.24, 2.45) is 0 Å². The van der Waals surface area contributed by atoms with E-state index in [1.54, 1.807) is 13.1 Å². The first-order chi connectivity index (χ1) is 7.67. The topological polar surface area (TPSA) is 68.5 Å². The third-order valence-corrected chi connectivity index (χ3v) is 2.30. The summed E-state index contributed by atoms with van der Waals surface area (Å²) in [4.78, 5) is 15.5. The number of halogens is 1. The van der Waals surface area contributed by atoms with Crippen molar-refractivity contribution in [2.75, 3.05) is 19.5 Å². The summed E-state index contributed by atoms with van der Waals surface area (Å²) in [6.45, 7) is 0. The minimum absolute atomic E-state index is 0.279. The first kappa shape index (κ1) is 10.7. The molecule has 2 heterocycles. The number of carbonyl (C=O) groups excluding carboxylic acids is 1. The fourth-order valence-corrected chi connectivity index (χ4v) is 1.55. The Labute approximate surface area is 96.2 Å². The van der Waals surface area contributed by atoms with Gasteiger partial charge in [0.1, 0.15) is 16.5 Å². The summed E-state index contributed by atoms with van der Waals surface area (Å²) in [6.07, 6.45) is 1.39. The van der Waals surface area contributed by atoms with Crippen LogP contribution < -0.4 is 5.32 Å². The Morgan fingerprint density at radius 1 is 1.62 bits per heavy atom. The Morgan fingerprint density at radius 3 is 3.00 bits per heavy atom. The van der Waals surface area contributed by atoms with E-state index in [0.29, 0.717) is 11.5 Å². The Balaban J connectivity index is 2.72. The van der Waals surface area contributed by atoms with E-state index in [4.69, 9.17) is 11.6 Å². The molecule has 2 rings (SSSR count). The van der Waals surface area contributed by atoms with Crippen molar-refractivity contribution in [3.05, 3.63) is 23.0 Å². The molecule has 0 bridgehead atoms. The molecule has 0 amide bonds. The van der Waals surface area contributed by atoms with Gasteiger partial charge < -0.3 is 10.1 Å². The molecule has 0 saturated heterocycles. The number of nitrogens with zero attached hydrogens (tertiary/aromatic N) is 3.